The zero-order valence-electron chi connectivity index (χ0n) is 38.5. The monoisotopic (exact) mass is 826 g/mol. The van der Waals surface area contributed by atoms with Crippen LogP contribution in [0.2, 0.25) is 0 Å². The lowest BCUT2D eigenvalue weighted by Crippen LogP contribution is -2.59. The number of unbranched alkanes of at least 4 members (excludes halogenated alkanes) is 35. The van der Waals surface area contributed by atoms with E-state index in [4.69, 9.17) is 9.47 Å². The van der Waals surface area contributed by atoms with Crippen molar-refractivity contribution in [2.75, 3.05) is 13.2 Å². The molecule has 58 heavy (non-hydrogen) atoms. The smallest absolute Gasteiger partial charge is 0.220 e. The molecule has 0 saturated carbocycles. The molecule has 346 valence electrons. The Bertz CT molecular complexity index is 860. The molecule has 0 aromatic carbocycles. The van der Waals surface area contributed by atoms with Crippen LogP contribution in [-0.4, -0.2) is 76.3 Å². The Kier molecular flexibility index (Phi) is 39.6. The summed E-state index contributed by atoms with van der Waals surface area (Å²) in [7, 11) is 0. The fourth-order valence-electron chi connectivity index (χ4n) is 8.57. The number of nitrogens with one attached hydrogen (secondary N) is 1. The molecule has 1 aliphatic rings. The second-order valence-corrected chi connectivity index (χ2v) is 18.2. The largest absolute Gasteiger partial charge is 0.394 e. The van der Waals surface area contributed by atoms with Crippen molar-refractivity contribution in [2.45, 2.75) is 301 Å². The number of carbonyl (C=O) groups excluding carboxylic acids is 1. The maximum absolute atomic E-state index is 13.0. The van der Waals surface area contributed by atoms with Gasteiger partial charge in [0.1, 0.15) is 24.4 Å². The molecule has 5 unspecified atom stereocenters. The summed E-state index contributed by atoms with van der Waals surface area (Å²) in [6.45, 7) is 4.19. The van der Waals surface area contributed by atoms with E-state index in [0.29, 0.717) is 6.42 Å². The first-order valence-electron chi connectivity index (χ1n) is 25.7. The lowest BCUT2D eigenvalue weighted by Gasteiger charge is -2.40. The minimum absolute atomic E-state index is 0.0243. The summed E-state index contributed by atoms with van der Waals surface area (Å²) < 4.78 is 11.4. The van der Waals surface area contributed by atoms with Crippen LogP contribution in [0.25, 0.3) is 0 Å². The van der Waals surface area contributed by atoms with Gasteiger partial charge in [-0.1, -0.05) is 245 Å². The predicted octanol–water partition coefficient (Wildman–Crippen LogP) is 12.5. The molecular weight excluding hydrogens is 727 g/mol. The number of carbonyl (C=O) groups is 1. The van der Waals surface area contributed by atoms with Crippen LogP contribution < -0.4 is 5.32 Å². The minimum atomic E-state index is -1.48. The summed E-state index contributed by atoms with van der Waals surface area (Å²) >= 11 is 0. The van der Waals surface area contributed by atoms with E-state index in [0.717, 1.165) is 32.1 Å². The maximum Gasteiger partial charge on any atom is 0.220 e. The molecule has 1 saturated heterocycles. The molecule has 0 radical (unpaired) electrons. The number of aliphatic hydroxyl groups is 4. The molecule has 0 aromatic heterocycles. The van der Waals surface area contributed by atoms with Gasteiger partial charge in [0, 0.05) is 6.42 Å². The molecule has 6 atom stereocenters. The standard InChI is InChI=1S/C50H99NO7/c1-3-5-7-9-11-13-15-17-19-20-21-22-23-24-25-26-27-29-31-33-35-37-39-41-46(53)51-44(43-57-50-49(56)48(55)47(54)45(42-52)58-50)40-38-36-34-32-30-28-18-16-14-12-10-8-6-4-2/h44-45,47-50,52,54-56H,3-43H2,1-2H3,(H,51,53)/t44-,45?,47?,48?,49?,50?/m1/s1. The highest BCUT2D eigenvalue weighted by atomic mass is 16.7. The average molecular weight is 826 g/mol. The van der Waals surface area contributed by atoms with Gasteiger partial charge >= 0.3 is 0 Å². The Morgan fingerprint density at radius 3 is 1.16 bits per heavy atom. The second-order valence-electron chi connectivity index (χ2n) is 18.2. The van der Waals surface area contributed by atoms with E-state index in [9.17, 15) is 25.2 Å². The first-order valence-corrected chi connectivity index (χ1v) is 25.7. The van der Waals surface area contributed by atoms with Gasteiger partial charge < -0.3 is 35.2 Å². The molecule has 8 heteroatoms. The molecule has 0 aliphatic carbocycles. The molecule has 5 N–H and O–H groups in total. The van der Waals surface area contributed by atoms with Gasteiger partial charge in [-0.25, -0.2) is 0 Å². The van der Waals surface area contributed by atoms with Gasteiger partial charge in [-0.2, -0.15) is 0 Å². The molecular formula is C50H99NO7. The first-order chi connectivity index (χ1) is 28.4. The van der Waals surface area contributed by atoms with Crippen LogP contribution in [0.5, 0.6) is 0 Å². The van der Waals surface area contributed by atoms with E-state index in [1.165, 1.54) is 212 Å². The quantitative estimate of drug-likeness (QED) is 0.0387. The van der Waals surface area contributed by atoms with Crippen molar-refractivity contribution < 1.29 is 34.7 Å². The SMILES string of the molecule is CCCCCCCCCCCCCCCCCCCCCCCCCC(=O)N[C@H](CCCCCCCCCCCCCCCC)COC1OC(CO)C(O)C(O)C1O. The zero-order valence-corrected chi connectivity index (χ0v) is 38.5. The van der Waals surface area contributed by atoms with Crippen molar-refractivity contribution in [3.05, 3.63) is 0 Å². The summed E-state index contributed by atoms with van der Waals surface area (Å²) in [4.78, 5) is 13.0. The van der Waals surface area contributed by atoms with Crippen molar-refractivity contribution in [1.29, 1.82) is 0 Å². The third-order valence-electron chi connectivity index (χ3n) is 12.6. The zero-order chi connectivity index (χ0) is 42.2. The van der Waals surface area contributed by atoms with Crippen molar-refractivity contribution in [1.82, 2.24) is 5.32 Å². The van der Waals surface area contributed by atoms with Crippen molar-refractivity contribution in [3.63, 3.8) is 0 Å². The molecule has 0 bridgehead atoms. The highest BCUT2D eigenvalue weighted by Crippen LogP contribution is 2.23. The van der Waals surface area contributed by atoms with E-state index >= 15 is 0 Å². The van der Waals surface area contributed by atoms with Crippen molar-refractivity contribution >= 4 is 5.91 Å². The van der Waals surface area contributed by atoms with E-state index in [1.807, 2.05) is 0 Å². The second kappa shape index (κ2) is 41.6. The maximum atomic E-state index is 13.0. The number of ether oxygens (including phenoxy) is 2. The summed E-state index contributed by atoms with van der Waals surface area (Å²) in [6.07, 6.45) is 43.8. The topological polar surface area (TPSA) is 128 Å². The van der Waals surface area contributed by atoms with E-state index in [-0.39, 0.29) is 18.6 Å². The summed E-state index contributed by atoms with van der Waals surface area (Å²) in [6, 6.07) is -0.235. The Morgan fingerprint density at radius 1 is 0.483 bits per heavy atom. The van der Waals surface area contributed by atoms with Crippen LogP contribution in [0, 0.1) is 0 Å². The Hall–Kier alpha value is -0.770. The normalized spacial score (nSPS) is 20.1. The average Bonchev–Trinajstić information content (AvgIpc) is 3.22. The van der Waals surface area contributed by atoms with Crippen LogP contribution in [0.1, 0.15) is 264 Å². The van der Waals surface area contributed by atoms with Crippen LogP contribution in [0.4, 0.5) is 0 Å². The fourth-order valence-corrected chi connectivity index (χ4v) is 8.57. The first kappa shape index (κ1) is 55.2. The van der Waals surface area contributed by atoms with Crippen molar-refractivity contribution in [3.8, 4) is 0 Å². The van der Waals surface area contributed by atoms with Crippen LogP contribution in [-0.2, 0) is 14.3 Å². The highest BCUT2D eigenvalue weighted by molar-refractivity contribution is 5.76. The van der Waals surface area contributed by atoms with Gasteiger partial charge in [0.2, 0.25) is 5.91 Å². The summed E-state index contributed by atoms with van der Waals surface area (Å²) in [5, 5.41) is 43.5. The number of rotatable bonds is 44. The molecule has 1 rings (SSSR count). The number of hydrogen-bond acceptors (Lipinski definition) is 7. The summed E-state index contributed by atoms with van der Waals surface area (Å²) in [5.41, 5.74) is 0. The number of hydrogen-bond donors (Lipinski definition) is 5. The Balaban J connectivity index is 2.15. The van der Waals surface area contributed by atoms with Crippen LogP contribution >= 0.6 is 0 Å². The summed E-state index contributed by atoms with van der Waals surface area (Å²) in [5.74, 6) is 0.0243. The Labute approximate surface area is 359 Å². The molecule has 1 fully saturated rings. The fraction of sp³-hybridized carbons (Fsp3) is 0.980. The van der Waals surface area contributed by atoms with E-state index in [1.54, 1.807) is 0 Å². The van der Waals surface area contributed by atoms with Gasteiger partial charge in [-0.15, -0.1) is 0 Å². The number of aliphatic hydroxyl groups excluding tert-OH is 4. The van der Waals surface area contributed by atoms with Gasteiger partial charge in [0.05, 0.1) is 19.3 Å². The lowest BCUT2D eigenvalue weighted by atomic mass is 9.99. The molecule has 0 aromatic rings. The van der Waals surface area contributed by atoms with Gasteiger partial charge in [-0.05, 0) is 12.8 Å². The van der Waals surface area contributed by atoms with Crippen molar-refractivity contribution in [2.24, 2.45) is 0 Å². The lowest BCUT2D eigenvalue weighted by molar-refractivity contribution is -0.302. The molecule has 1 amide bonds. The number of amides is 1. The van der Waals surface area contributed by atoms with E-state index < -0.39 is 37.3 Å². The van der Waals surface area contributed by atoms with E-state index in [2.05, 4.69) is 19.2 Å². The third kappa shape index (κ3) is 32.0. The molecule has 1 heterocycles. The van der Waals surface area contributed by atoms with Gasteiger partial charge in [0.25, 0.3) is 0 Å². The van der Waals surface area contributed by atoms with Crippen LogP contribution in [0.3, 0.4) is 0 Å². The van der Waals surface area contributed by atoms with Gasteiger partial charge in [0.15, 0.2) is 6.29 Å². The molecule has 1 aliphatic heterocycles. The molecule has 0 spiro atoms. The van der Waals surface area contributed by atoms with Gasteiger partial charge in [-0.3, -0.25) is 4.79 Å². The minimum Gasteiger partial charge on any atom is -0.394 e. The third-order valence-corrected chi connectivity index (χ3v) is 12.6. The highest BCUT2D eigenvalue weighted by Gasteiger charge is 2.44. The predicted molar refractivity (Wildman–Crippen MR) is 243 cm³/mol. The van der Waals surface area contributed by atoms with Crippen LogP contribution in [0.15, 0.2) is 0 Å². The Morgan fingerprint density at radius 2 is 0.810 bits per heavy atom. The molecule has 8 nitrogen and oxygen atoms in total.